The lowest BCUT2D eigenvalue weighted by Gasteiger charge is -2.29. The number of methoxy groups -OCH3 is 1. The van der Waals surface area contributed by atoms with Gasteiger partial charge >= 0.3 is 6.03 Å². The number of anilines is 2. The number of rotatable bonds is 5. The third-order valence-corrected chi connectivity index (χ3v) is 4.74. The molecule has 1 fully saturated rings. The fraction of sp³-hybridized carbons (Fsp3) is 0.333. The maximum absolute atomic E-state index is 12.4. The van der Waals surface area contributed by atoms with Crippen LogP contribution in [0.3, 0.4) is 0 Å². The first-order valence-electron chi connectivity index (χ1n) is 9.31. The van der Waals surface area contributed by atoms with Crippen LogP contribution in [-0.2, 0) is 11.2 Å². The average molecular weight is 383 g/mol. The zero-order chi connectivity index (χ0) is 19.9. The van der Waals surface area contributed by atoms with E-state index in [0.717, 1.165) is 5.56 Å². The molecule has 2 aromatic carbocycles. The highest BCUT2D eigenvalue weighted by molar-refractivity contribution is 6.00. The van der Waals surface area contributed by atoms with Gasteiger partial charge in [0.05, 0.1) is 25.3 Å². The number of amides is 3. The maximum Gasteiger partial charge on any atom is 0.323 e. The highest BCUT2D eigenvalue weighted by Gasteiger charge is 2.21. The van der Waals surface area contributed by atoms with Crippen molar-refractivity contribution >= 4 is 23.3 Å². The van der Waals surface area contributed by atoms with Crippen LogP contribution in [0.5, 0.6) is 5.75 Å². The first kappa shape index (κ1) is 19.7. The molecule has 0 spiro atoms. The van der Waals surface area contributed by atoms with Gasteiger partial charge < -0.3 is 25.4 Å². The quantitative estimate of drug-likeness (QED) is 0.740. The van der Waals surface area contributed by atoms with Crippen LogP contribution in [0.4, 0.5) is 16.2 Å². The summed E-state index contributed by atoms with van der Waals surface area (Å²) in [5, 5.41) is 15.0. The van der Waals surface area contributed by atoms with Gasteiger partial charge in [0, 0.05) is 18.8 Å². The van der Waals surface area contributed by atoms with Crippen molar-refractivity contribution in [1.29, 1.82) is 0 Å². The molecular weight excluding hydrogens is 358 g/mol. The molecule has 148 valence electrons. The van der Waals surface area contributed by atoms with E-state index in [0.29, 0.717) is 49.5 Å². The van der Waals surface area contributed by atoms with Gasteiger partial charge in [-0.3, -0.25) is 4.79 Å². The number of nitrogens with one attached hydrogen (secondary N) is 2. The number of para-hydroxylation sites is 2. The van der Waals surface area contributed by atoms with Crippen molar-refractivity contribution in [2.24, 2.45) is 0 Å². The number of ether oxygens (including phenoxy) is 1. The average Bonchev–Trinajstić information content (AvgIpc) is 2.70. The highest BCUT2D eigenvalue weighted by Crippen LogP contribution is 2.23. The Morgan fingerprint density at radius 1 is 1.07 bits per heavy atom. The molecule has 1 heterocycles. The van der Waals surface area contributed by atoms with Crippen LogP contribution in [0.1, 0.15) is 18.4 Å². The minimum Gasteiger partial charge on any atom is -0.495 e. The van der Waals surface area contributed by atoms with Crippen LogP contribution in [0.2, 0.25) is 0 Å². The van der Waals surface area contributed by atoms with Crippen LogP contribution in [-0.4, -0.2) is 48.2 Å². The molecule has 0 saturated carbocycles. The van der Waals surface area contributed by atoms with E-state index in [1.165, 1.54) is 0 Å². The van der Waals surface area contributed by atoms with E-state index in [2.05, 4.69) is 10.6 Å². The van der Waals surface area contributed by atoms with Crippen molar-refractivity contribution in [3.05, 3.63) is 54.1 Å². The van der Waals surface area contributed by atoms with Gasteiger partial charge in [-0.15, -0.1) is 0 Å². The summed E-state index contributed by atoms with van der Waals surface area (Å²) in [6.07, 6.45) is 1.28. The summed E-state index contributed by atoms with van der Waals surface area (Å²) in [6.45, 7) is 1.20. The number of aliphatic hydroxyl groups excluding tert-OH is 1. The van der Waals surface area contributed by atoms with Crippen LogP contribution in [0.15, 0.2) is 48.5 Å². The number of aliphatic hydroxyl groups is 1. The summed E-state index contributed by atoms with van der Waals surface area (Å²) in [4.78, 5) is 26.3. The molecule has 3 N–H and O–H groups in total. The predicted molar refractivity (Wildman–Crippen MR) is 108 cm³/mol. The monoisotopic (exact) mass is 383 g/mol. The van der Waals surface area contributed by atoms with E-state index in [1.54, 1.807) is 36.3 Å². The van der Waals surface area contributed by atoms with Gasteiger partial charge in [0.1, 0.15) is 5.75 Å². The van der Waals surface area contributed by atoms with Gasteiger partial charge in [-0.05, 0) is 42.7 Å². The standard InChI is InChI=1S/C21H25N3O4/c1-28-19-5-3-2-4-18(19)23-21(27)22-16-8-6-15(7-9-16)14-20(26)24-12-10-17(25)11-13-24/h2-9,17,25H,10-14H2,1H3,(H2,22,23,27). The van der Waals surface area contributed by atoms with Crippen LogP contribution in [0, 0.1) is 0 Å². The second-order valence-corrected chi connectivity index (χ2v) is 6.77. The first-order valence-corrected chi connectivity index (χ1v) is 9.31. The van der Waals surface area contributed by atoms with E-state index in [4.69, 9.17) is 4.74 Å². The van der Waals surface area contributed by atoms with Gasteiger partial charge in [-0.25, -0.2) is 4.79 Å². The number of urea groups is 1. The van der Waals surface area contributed by atoms with E-state index in [1.807, 2.05) is 24.3 Å². The van der Waals surface area contributed by atoms with Crippen molar-refractivity contribution in [2.75, 3.05) is 30.8 Å². The number of piperidine rings is 1. The van der Waals surface area contributed by atoms with Gasteiger partial charge in [-0.2, -0.15) is 0 Å². The molecule has 3 rings (SSSR count). The molecular formula is C21H25N3O4. The molecule has 7 heteroatoms. The van der Waals surface area contributed by atoms with E-state index >= 15 is 0 Å². The Hall–Kier alpha value is -3.06. The van der Waals surface area contributed by atoms with Gasteiger partial charge in [0.25, 0.3) is 0 Å². The van der Waals surface area contributed by atoms with Crippen LogP contribution >= 0.6 is 0 Å². The molecule has 0 aliphatic carbocycles. The zero-order valence-electron chi connectivity index (χ0n) is 15.9. The Morgan fingerprint density at radius 2 is 1.75 bits per heavy atom. The Bertz CT molecular complexity index is 815. The normalized spacial score (nSPS) is 14.4. The number of carbonyl (C=O) groups excluding carboxylic acids is 2. The summed E-state index contributed by atoms with van der Waals surface area (Å²) >= 11 is 0. The fourth-order valence-electron chi connectivity index (χ4n) is 3.14. The topological polar surface area (TPSA) is 90.9 Å². The van der Waals surface area contributed by atoms with Crippen molar-refractivity contribution in [1.82, 2.24) is 4.90 Å². The number of hydrogen-bond donors (Lipinski definition) is 3. The fourth-order valence-corrected chi connectivity index (χ4v) is 3.14. The molecule has 0 atom stereocenters. The number of likely N-dealkylation sites (tertiary alicyclic amines) is 1. The lowest BCUT2D eigenvalue weighted by Crippen LogP contribution is -2.40. The SMILES string of the molecule is COc1ccccc1NC(=O)Nc1ccc(CC(=O)N2CCC(O)CC2)cc1. The summed E-state index contributed by atoms with van der Waals surface area (Å²) in [6, 6.07) is 14.0. The Morgan fingerprint density at radius 3 is 2.43 bits per heavy atom. The minimum atomic E-state index is -0.375. The van der Waals surface area contributed by atoms with Crippen molar-refractivity contribution in [3.63, 3.8) is 0 Å². The second kappa shape index (κ2) is 9.23. The summed E-state index contributed by atoms with van der Waals surface area (Å²) < 4.78 is 5.21. The smallest absolute Gasteiger partial charge is 0.323 e. The molecule has 1 aliphatic rings. The maximum atomic E-state index is 12.4. The number of hydrogen-bond acceptors (Lipinski definition) is 4. The molecule has 1 aliphatic heterocycles. The molecule has 0 aromatic heterocycles. The molecule has 0 unspecified atom stereocenters. The molecule has 1 saturated heterocycles. The van der Waals surface area contributed by atoms with E-state index in [9.17, 15) is 14.7 Å². The Kier molecular flexibility index (Phi) is 6.49. The zero-order valence-corrected chi connectivity index (χ0v) is 15.9. The molecule has 7 nitrogen and oxygen atoms in total. The molecule has 2 aromatic rings. The predicted octanol–water partition coefficient (Wildman–Crippen LogP) is 2.87. The van der Waals surface area contributed by atoms with Crippen LogP contribution in [0.25, 0.3) is 0 Å². The first-order chi connectivity index (χ1) is 13.5. The molecule has 0 bridgehead atoms. The van der Waals surface area contributed by atoms with Gasteiger partial charge in [0.15, 0.2) is 0 Å². The lowest BCUT2D eigenvalue weighted by molar-refractivity contribution is -0.132. The third kappa shape index (κ3) is 5.23. The molecule has 28 heavy (non-hydrogen) atoms. The second-order valence-electron chi connectivity index (χ2n) is 6.77. The minimum absolute atomic E-state index is 0.0570. The molecule has 3 amide bonds. The van der Waals surface area contributed by atoms with Gasteiger partial charge in [0.2, 0.25) is 5.91 Å². The highest BCUT2D eigenvalue weighted by atomic mass is 16.5. The lowest BCUT2D eigenvalue weighted by atomic mass is 10.1. The van der Waals surface area contributed by atoms with Crippen molar-refractivity contribution in [3.8, 4) is 5.75 Å². The van der Waals surface area contributed by atoms with E-state index < -0.39 is 0 Å². The van der Waals surface area contributed by atoms with Crippen molar-refractivity contribution < 1.29 is 19.4 Å². The van der Waals surface area contributed by atoms with Crippen LogP contribution < -0.4 is 15.4 Å². The number of nitrogens with zero attached hydrogens (tertiary/aromatic N) is 1. The summed E-state index contributed by atoms with van der Waals surface area (Å²) in [7, 11) is 1.55. The summed E-state index contributed by atoms with van der Waals surface area (Å²) in [5.41, 5.74) is 2.09. The van der Waals surface area contributed by atoms with Gasteiger partial charge in [-0.1, -0.05) is 24.3 Å². The Labute approximate surface area is 164 Å². The molecule has 0 radical (unpaired) electrons. The largest absolute Gasteiger partial charge is 0.495 e. The number of benzene rings is 2. The van der Waals surface area contributed by atoms with E-state index in [-0.39, 0.29) is 18.0 Å². The number of carbonyl (C=O) groups is 2. The Balaban J connectivity index is 1.52. The summed E-state index contributed by atoms with van der Waals surface area (Å²) in [5.74, 6) is 0.637. The third-order valence-electron chi connectivity index (χ3n) is 4.74. The van der Waals surface area contributed by atoms with Crippen molar-refractivity contribution in [2.45, 2.75) is 25.4 Å².